The lowest BCUT2D eigenvalue weighted by Gasteiger charge is -2.12. The lowest BCUT2D eigenvalue weighted by atomic mass is 9.93. The quantitative estimate of drug-likeness (QED) is 0.292. The van der Waals surface area contributed by atoms with E-state index in [9.17, 15) is 13.2 Å². The monoisotopic (exact) mass is 358 g/mol. The number of carbonyl (C=O) groups excluding carboxylic acids is 1. The second kappa shape index (κ2) is 8.74. The molecular formula is C20H22O4S. The van der Waals surface area contributed by atoms with E-state index < -0.39 is 10.1 Å². The summed E-state index contributed by atoms with van der Waals surface area (Å²) in [6.45, 7) is 5.63. The molecule has 0 amide bonds. The van der Waals surface area contributed by atoms with Crippen LogP contribution in [0.25, 0.3) is 0 Å². The summed E-state index contributed by atoms with van der Waals surface area (Å²) < 4.78 is 29.3. The zero-order valence-electron chi connectivity index (χ0n) is 14.2. The van der Waals surface area contributed by atoms with Gasteiger partial charge in [0, 0.05) is 11.5 Å². The summed E-state index contributed by atoms with van der Waals surface area (Å²) in [5.74, 6) is -0.370. The second-order valence-corrected chi connectivity index (χ2v) is 7.42. The standard InChI is InChI=1S/C20H22O4S/c1-3-17(20(21)18-8-5-4-6-9-18)10-7-15-24-25(22,23)19-13-11-16(2)12-14-19/h3-6,8-9,11-14,17H,1,7,10,15H2,2H3/t17-/m1/s1. The highest BCUT2D eigenvalue weighted by atomic mass is 32.2. The molecule has 5 heteroatoms. The smallest absolute Gasteiger partial charge is 0.294 e. The van der Waals surface area contributed by atoms with Crippen molar-refractivity contribution in [2.45, 2.75) is 24.7 Å². The van der Waals surface area contributed by atoms with Crippen molar-refractivity contribution >= 4 is 15.9 Å². The summed E-state index contributed by atoms with van der Waals surface area (Å²) >= 11 is 0. The van der Waals surface area contributed by atoms with Gasteiger partial charge in [-0.15, -0.1) is 6.58 Å². The normalized spacial score (nSPS) is 12.5. The van der Waals surface area contributed by atoms with Gasteiger partial charge in [-0.2, -0.15) is 8.42 Å². The second-order valence-electron chi connectivity index (χ2n) is 5.80. The first-order valence-electron chi connectivity index (χ1n) is 8.12. The van der Waals surface area contributed by atoms with E-state index in [4.69, 9.17) is 4.18 Å². The lowest BCUT2D eigenvalue weighted by Crippen LogP contribution is -2.14. The Kier molecular flexibility index (Phi) is 6.67. The highest BCUT2D eigenvalue weighted by Crippen LogP contribution is 2.17. The molecule has 0 heterocycles. The van der Waals surface area contributed by atoms with E-state index in [1.807, 2.05) is 25.1 Å². The topological polar surface area (TPSA) is 60.4 Å². The molecule has 0 unspecified atom stereocenters. The van der Waals surface area contributed by atoms with Crippen LogP contribution in [0.5, 0.6) is 0 Å². The maximum Gasteiger partial charge on any atom is 0.296 e. The zero-order chi connectivity index (χ0) is 18.3. The molecular weight excluding hydrogens is 336 g/mol. The molecule has 0 aromatic heterocycles. The first kappa shape index (κ1) is 19.1. The number of rotatable bonds is 9. The lowest BCUT2D eigenvalue weighted by molar-refractivity contribution is 0.0937. The van der Waals surface area contributed by atoms with Crippen molar-refractivity contribution in [2.75, 3.05) is 6.61 Å². The molecule has 0 saturated carbocycles. The van der Waals surface area contributed by atoms with Crippen molar-refractivity contribution in [2.24, 2.45) is 5.92 Å². The van der Waals surface area contributed by atoms with Crippen molar-refractivity contribution < 1.29 is 17.4 Å². The van der Waals surface area contributed by atoms with Gasteiger partial charge in [0.15, 0.2) is 5.78 Å². The van der Waals surface area contributed by atoms with Crippen LogP contribution in [0.3, 0.4) is 0 Å². The number of Topliss-reactive ketones (excluding diaryl/α,β-unsaturated/α-hetero) is 1. The Bertz CT molecular complexity index is 809. The molecule has 0 bridgehead atoms. The number of hydrogen-bond donors (Lipinski definition) is 0. The van der Waals surface area contributed by atoms with Gasteiger partial charge in [0.2, 0.25) is 0 Å². The largest absolute Gasteiger partial charge is 0.296 e. The van der Waals surface area contributed by atoms with Crippen molar-refractivity contribution in [3.05, 3.63) is 78.4 Å². The Balaban J connectivity index is 1.87. The first-order chi connectivity index (χ1) is 11.9. The first-order valence-corrected chi connectivity index (χ1v) is 9.53. The van der Waals surface area contributed by atoms with E-state index in [-0.39, 0.29) is 23.2 Å². The number of ketones is 1. The maximum atomic E-state index is 12.4. The molecule has 2 aromatic carbocycles. The third-order valence-electron chi connectivity index (χ3n) is 3.89. The third kappa shape index (κ3) is 5.37. The van der Waals surface area contributed by atoms with Crippen LogP contribution in [0.15, 0.2) is 72.1 Å². The summed E-state index contributed by atoms with van der Waals surface area (Å²) in [6.07, 6.45) is 2.53. The van der Waals surface area contributed by atoms with Gasteiger partial charge in [0.1, 0.15) is 0 Å². The zero-order valence-corrected chi connectivity index (χ0v) is 15.0. The van der Waals surface area contributed by atoms with E-state index >= 15 is 0 Å². The Morgan fingerprint density at radius 3 is 2.36 bits per heavy atom. The maximum absolute atomic E-state index is 12.4. The van der Waals surface area contributed by atoms with Crippen LogP contribution in [-0.2, 0) is 14.3 Å². The fraction of sp³-hybridized carbons (Fsp3) is 0.250. The predicted molar refractivity (Wildman–Crippen MR) is 98.0 cm³/mol. The Labute approximate surface area is 149 Å². The minimum atomic E-state index is -3.76. The molecule has 132 valence electrons. The van der Waals surface area contributed by atoms with Crippen LogP contribution in [0, 0.1) is 12.8 Å². The highest BCUT2D eigenvalue weighted by Gasteiger charge is 2.18. The number of carbonyl (C=O) groups is 1. The number of allylic oxidation sites excluding steroid dienone is 1. The molecule has 2 rings (SSSR count). The fourth-order valence-electron chi connectivity index (χ4n) is 2.42. The van der Waals surface area contributed by atoms with Gasteiger partial charge in [0.05, 0.1) is 11.5 Å². The van der Waals surface area contributed by atoms with Crippen LogP contribution in [0.4, 0.5) is 0 Å². The molecule has 2 aromatic rings. The molecule has 0 N–H and O–H groups in total. The molecule has 0 aliphatic rings. The molecule has 0 saturated heterocycles. The van der Waals surface area contributed by atoms with Gasteiger partial charge in [-0.1, -0.05) is 54.1 Å². The minimum absolute atomic E-state index is 0.0167. The molecule has 0 aliphatic carbocycles. The van der Waals surface area contributed by atoms with Crippen LogP contribution in [0.2, 0.25) is 0 Å². The van der Waals surface area contributed by atoms with Gasteiger partial charge >= 0.3 is 0 Å². The van der Waals surface area contributed by atoms with E-state index in [0.29, 0.717) is 18.4 Å². The number of hydrogen-bond acceptors (Lipinski definition) is 4. The van der Waals surface area contributed by atoms with E-state index in [2.05, 4.69) is 6.58 Å². The molecule has 0 fully saturated rings. The third-order valence-corrected chi connectivity index (χ3v) is 5.21. The minimum Gasteiger partial charge on any atom is -0.294 e. The van der Waals surface area contributed by atoms with Crippen molar-refractivity contribution in [1.82, 2.24) is 0 Å². The predicted octanol–water partition coefficient (Wildman–Crippen LogP) is 4.17. The van der Waals surface area contributed by atoms with Gasteiger partial charge in [-0.05, 0) is 31.9 Å². The summed E-state index contributed by atoms with van der Waals surface area (Å²) in [4.78, 5) is 12.5. The Morgan fingerprint density at radius 2 is 1.76 bits per heavy atom. The molecule has 4 nitrogen and oxygen atoms in total. The Hall–Kier alpha value is -2.24. The summed E-state index contributed by atoms with van der Waals surface area (Å²) in [5, 5.41) is 0. The molecule has 25 heavy (non-hydrogen) atoms. The molecule has 0 spiro atoms. The number of benzene rings is 2. The highest BCUT2D eigenvalue weighted by molar-refractivity contribution is 7.86. The van der Waals surface area contributed by atoms with Gasteiger partial charge < -0.3 is 0 Å². The molecule has 0 radical (unpaired) electrons. The van der Waals surface area contributed by atoms with Gasteiger partial charge in [0.25, 0.3) is 10.1 Å². The summed E-state index contributed by atoms with van der Waals surface area (Å²) in [7, 11) is -3.76. The average molecular weight is 358 g/mol. The molecule has 1 atom stereocenters. The van der Waals surface area contributed by atoms with Gasteiger partial charge in [-0.25, -0.2) is 0 Å². The average Bonchev–Trinajstić information content (AvgIpc) is 2.62. The van der Waals surface area contributed by atoms with E-state index in [0.717, 1.165) is 5.56 Å². The van der Waals surface area contributed by atoms with E-state index in [1.54, 1.807) is 30.3 Å². The Morgan fingerprint density at radius 1 is 1.12 bits per heavy atom. The fourth-order valence-corrected chi connectivity index (χ4v) is 3.36. The van der Waals surface area contributed by atoms with Crippen molar-refractivity contribution in [1.29, 1.82) is 0 Å². The van der Waals surface area contributed by atoms with Gasteiger partial charge in [-0.3, -0.25) is 8.98 Å². The van der Waals surface area contributed by atoms with Crippen molar-refractivity contribution in [3.63, 3.8) is 0 Å². The van der Waals surface area contributed by atoms with Crippen LogP contribution < -0.4 is 0 Å². The SMILES string of the molecule is C=C[C@H](CCCOS(=O)(=O)c1ccc(C)cc1)C(=O)c1ccccc1. The van der Waals surface area contributed by atoms with Crippen LogP contribution >= 0.6 is 0 Å². The summed E-state index contributed by atoms with van der Waals surface area (Å²) in [6, 6.07) is 15.5. The summed E-state index contributed by atoms with van der Waals surface area (Å²) in [5.41, 5.74) is 1.60. The molecule has 0 aliphatic heterocycles. The van der Waals surface area contributed by atoms with E-state index in [1.165, 1.54) is 12.1 Å². The van der Waals surface area contributed by atoms with Crippen molar-refractivity contribution in [3.8, 4) is 0 Å². The van der Waals surface area contributed by atoms with Crippen LogP contribution in [-0.4, -0.2) is 20.8 Å². The van der Waals surface area contributed by atoms with Crippen LogP contribution in [0.1, 0.15) is 28.8 Å². The number of aryl methyl sites for hydroxylation is 1.